The van der Waals surface area contributed by atoms with Gasteiger partial charge in [0.2, 0.25) is 0 Å². The van der Waals surface area contributed by atoms with Gasteiger partial charge in [-0.25, -0.2) is 4.39 Å². The van der Waals surface area contributed by atoms with Gasteiger partial charge in [-0.1, -0.05) is 17.7 Å². The first-order valence-corrected chi connectivity index (χ1v) is 7.57. The third-order valence-electron chi connectivity index (χ3n) is 3.35. The third kappa shape index (κ3) is 3.91. The second-order valence-electron chi connectivity index (χ2n) is 5.12. The molecule has 0 bridgehead atoms. The average Bonchev–Trinajstić information content (AvgIpc) is 3.10. The molecule has 1 heterocycles. The number of carbonyl (C=O) groups is 1. The molecule has 0 unspecified atom stereocenters. The fourth-order valence-corrected chi connectivity index (χ4v) is 2.31. The molecule has 3 aromatic rings. The highest BCUT2D eigenvalue weighted by molar-refractivity contribution is 6.31. The van der Waals surface area contributed by atoms with Crippen molar-refractivity contribution in [3.05, 3.63) is 76.8 Å². The fourth-order valence-electron chi connectivity index (χ4n) is 2.13. The molecule has 0 spiro atoms. The molecular weight excluding hydrogens is 331 g/mol. The van der Waals surface area contributed by atoms with Crippen LogP contribution < -0.4 is 10.6 Å². The summed E-state index contributed by atoms with van der Waals surface area (Å²) in [6.45, 7) is 0.592. The number of benzene rings is 2. The zero-order valence-corrected chi connectivity index (χ0v) is 13.3. The van der Waals surface area contributed by atoms with Crippen LogP contribution >= 0.6 is 11.6 Å². The minimum Gasteiger partial charge on any atom is -0.381 e. The summed E-state index contributed by atoms with van der Waals surface area (Å²) in [4.78, 5) is 12.3. The summed E-state index contributed by atoms with van der Waals surface area (Å²) < 4.78 is 13.2. The van der Waals surface area contributed by atoms with Crippen LogP contribution in [0.25, 0.3) is 0 Å². The molecule has 0 radical (unpaired) electrons. The van der Waals surface area contributed by atoms with Gasteiger partial charge < -0.3 is 10.6 Å². The zero-order chi connectivity index (χ0) is 16.9. The Morgan fingerprint density at radius 1 is 1.21 bits per heavy atom. The van der Waals surface area contributed by atoms with Gasteiger partial charge >= 0.3 is 0 Å². The van der Waals surface area contributed by atoms with Gasteiger partial charge in [0, 0.05) is 35.2 Å². The van der Waals surface area contributed by atoms with Gasteiger partial charge in [-0.2, -0.15) is 5.10 Å². The molecule has 24 heavy (non-hydrogen) atoms. The van der Waals surface area contributed by atoms with Crippen LogP contribution in [0.2, 0.25) is 5.02 Å². The van der Waals surface area contributed by atoms with Crippen LogP contribution in [-0.2, 0) is 6.54 Å². The second kappa shape index (κ2) is 7.14. The molecule has 1 aromatic heterocycles. The summed E-state index contributed by atoms with van der Waals surface area (Å²) in [6.07, 6.45) is 3.52. The maximum Gasteiger partial charge on any atom is 0.255 e. The number of hydrogen-bond donors (Lipinski definition) is 3. The fraction of sp³-hybridized carbons (Fsp3) is 0.0588. The van der Waals surface area contributed by atoms with Crippen LogP contribution in [0.4, 0.5) is 15.8 Å². The van der Waals surface area contributed by atoms with E-state index in [0.29, 0.717) is 17.8 Å². The van der Waals surface area contributed by atoms with Crippen LogP contribution in [0.5, 0.6) is 0 Å². The third-order valence-corrected chi connectivity index (χ3v) is 3.64. The van der Waals surface area contributed by atoms with E-state index in [1.165, 1.54) is 18.2 Å². The monoisotopic (exact) mass is 344 g/mol. The van der Waals surface area contributed by atoms with E-state index in [0.717, 1.165) is 11.3 Å². The van der Waals surface area contributed by atoms with Crippen molar-refractivity contribution in [2.45, 2.75) is 6.54 Å². The Hall–Kier alpha value is -2.86. The largest absolute Gasteiger partial charge is 0.381 e. The number of H-pyrrole nitrogens is 1. The number of nitrogens with zero attached hydrogens (tertiary/aromatic N) is 1. The zero-order valence-electron chi connectivity index (χ0n) is 12.5. The number of hydrogen-bond acceptors (Lipinski definition) is 3. The maximum atomic E-state index is 13.2. The SMILES string of the molecule is O=C(Nc1ccc(F)c(Cl)c1)c1cccc(NCc2cn[nH]c2)c1. The Balaban J connectivity index is 1.68. The lowest BCUT2D eigenvalue weighted by Crippen LogP contribution is -2.12. The van der Waals surface area contributed by atoms with Crippen LogP contribution in [0.3, 0.4) is 0 Å². The van der Waals surface area contributed by atoms with Gasteiger partial charge in [-0.15, -0.1) is 0 Å². The number of amides is 1. The molecule has 0 saturated heterocycles. The lowest BCUT2D eigenvalue weighted by Gasteiger charge is -2.09. The summed E-state index contributed by atoms with van der Waals surface area (Å²) >= 11 is 5.71. The molecule has 3 rings (SSSR count). The van der Waals surface area contributed by atoms with Gasteiger partial charge in [0.05, 0.1) is 11.2 Å². The van der Waals surface area contributed by atoms with Crippen LogP contribution in [0.15, 0.2) is 54.9 Å². The lowest BCUT2D eigenvalue weighted by molar-refractivity contribution is 0.102. The van der Waals surface area contributed by atoms with Crippen LogP contribution in [0, 0.1) is 5.82 Å². The van der Waals surface area contributed by atoms with Crippen molar-refractivity contribution in [1.82, 2.24) is 10.2 Å². The van der Waals surface area contributed by atoms with E-state index in [1.54, 1.807) is 30.6 Å². The Morgan fingerprint density at radius 2 is 2.08 bits per heavy atom. The first-order chi connectivity index (χ1) is 11.6. The molecule has 0 aliphatic carbocycles. The number of nitrogens with one attached hydrogen (secondary N) is 3. The van der Waals surface area contributed by atoms with Crippen molar-refractivity contribution >= 4 is 28.9 Å². The molecule has 7 heteroatoms. The number of aromatic nitrogens is 2. The quantitative estimate of drug-likeness (QED) is 0.653. The van der Waals surface area contributed by atoms with E-state index in [9.17, 15) is 9.18 Å². The highest BCUT2D eigenvalue weighted by Crippen LogP contribution is 2.20. The first-order valence-electron chi connectivity index (χ1n) is 7.20. The van der Waals surface area contributed by atoms with Crippen molar-refractivity contribution in [2.24, 2.45) is 0 Å². The highest BCUT2D eigenvalue weighted by Gasteiger charge is 2.08. The topological polar surface area (TPSA) is 69.8 Å². The van der Waals surface area contributed by atoms with Crippen molar-refractivity contribution in [2.75, 3.05) is 10.6 Å². The van der Waals surface area contributed by atoms with Crippen molar-refractivity contribution in [3.63, 3.8) is 0 Å². The second-order valence-corrected chi connectivity index (χ2v) is 5.53. The molecule has 122 valence electrons. The Labute approximate surface area is 142 Å². The molecule has 0 saturated carbocycles. The molecule has 2 aromatic carbocycles. The van der Waals surface area contributed by atoms with Gasteiger partial charge in [-0.3, -0.25) is 9.89 Å². The van der Waals surface area contributed by atoms with E-state index in [1.807, 2.05) is 6.07 Å². The van der Waals surface area contributed by atoms with Crippen molar-refractivity contribution in [1.29, 1.82) is 0 Å². The van der Waals surface area contributed by atoms with Gasteiger partial charge in [0.25, 0.3) is 5.91 Å². The first kappa shape index (κ1) is 16.0. The normalized spacial score (nSPS) is 10.4. The number of anilines is 2. The Kier molecular flexibility index (Phi) is 4.77. The smallest absolute Gasteiger partial charge is 0.255 e. The lowest BCUT2D eigenvalue weighted by atomic mass is 10.1. The van der Waals surface area contributed by atoms with Crippen molar-refractivity contribution < 1.29 is 9.18 Å². The Bertz CT molecular complexity index is 852. The van der Waals surface area contributed by atoms with Crippen molar-refractivity contribution in [3.8, 4) is 0 Å². The molecular formula is C17H14ClFN4O. The average molecular weight is 345 g/mol. The summed E-state index contributed by atoms with van der Waals surface area (Å²) in [5.41, 5.74) is 2.72. The minimum atomic E-state index is -0.528. The van der Waals surface area contributed by atoms with Gasteiger partial charge in [-0.05, 0) is 36.4 Å². The van der Waals surface area contributed by atoms with Crippen LogP contribution in [-0.4, -0.2) is 16.1 Å². The highest BCUT2D eigenvalue weighted by atomic mass is 35.5. The van der Waals surface area contributed by atoms with Gasteiger partial charge in [0.1, 0.15) is 5.82 Å². The van der Waals surface area contributed by atoms with E-state index in [2.05, 4.69) is 20.8 Å². The van der Waals surface area contributed by atoms with Crippen LogP contribution in [0.1, 0.15) is 15.9 Å². The van der Waals surface area contributed by atoms with E-state index in [4.69, 9.17) is 11.6 Å². The van der Waals surface area contributed by atoms with E-state index in [-0.39, 0.29) is 10.9 Å². The summed E-state index contributed by atoms with van der Waals surface area (Å²) in [5.74, 6) is -0.829. The molecule has 0 atom stereocenters. The predicted octanol–water partition coefficient (Wildman–Crippen LogP) is 4.07. The molecule has 1 amide bonds. The number of rotatable bonds is 5. The summed E-state index contributed by atoms with van der Waals surface area (Å²) in [6, 6.07) is 11.1. The summed E-state index contributed by atoms with van der Waals surface area (Å²) in [7, 11) is 0. The molecule has 0 fully saturated rings. The molecule has 3 N–H and O–H groups in total. The molecule has 0 aliphatic rings. The summed E-state index contributed by atoms with van der Waals surface area (Å²) in [5, 5.41) is 12.5. The minimum absolute atomic E-state index is 0.0386. The molecule has 5 nitrogen and oxygen atoms in total. The number of carbonyl (C=O) groups excluding carboxylic acids is 1. The Morgan fingerprint density at radius 3 is 2.83 bits per heavy atom. The number of halogens is 2. The predicted molar refractivity (Wildman–Crippen MR) is 91.7 cm³/mol. The molecule has 0 aliphatic heterocycles. The number of aromatic amines is 1. The van der Waals surface area contributed by atoms with Gasteiger partial charge in [0.15, 0.2) is 0 Å². The maximum absolute atomic E-state index is 13.2. The van der Waals surface area contributed by atoms with E-state index >= 15 is 0 Å². The van der Waals surface area contributed by atoms with E-state index < -0.39 is 5.82 Å². The standard InChI is InChI=1S/C17H14ClFN4O/c18-15-7-14(4-5-16(15)19)23-17(24)12-2-1-3-13(6-12)20-8-11-9-21-22-10-11/h1-7,9-10,20H,8H2,(H,21,22)(H,23,24).